The number of nitrogens with zero attached hydrogens (tertiary/aromatic N) is 4. The molecule has 2 atom stereocenters. The normalized spacial score (nSPS) is 20.3. The lowest BCUT2D eigenvalue weighted by Gasteiger charge is -2.20. The maximum Gasteiger partial charge on any atom is 0.230 e. The number of carbonyl (C=O) groups is 2. The van der Waals surface area contributed by atoms with Gasteiger partial charge in [-0.1, -0.05) is 45.4 Å². The third-order valence-electron chi connectivity index (χ3n) is 7.32. The molecule has 1 aliphatic heterocycles. The van der Waals surface area contributed by atoms with Crippen LogP contribution in [0.5, 0.6) is 0 Å². The molecule has 0 spiro atoms. The largest absolute Gasteiger partial charge is 0.341 e. The van der Waals surface area contributed by atoms with E-state index in [2.05, 4.69) is 46.9 Å². The standard InChI is InChI=1S/C28H41N5O2/c1-7-25(34)32-16-21(22(17-32)27(35)29-23-13-10-18(2)15-19(23)3)26-31-30-24(33(26)20-11-12-20)9-8-14-28(4,5)6/h10,13,15,20-22H,7-9,11-12,14,16-17H2,1-6H3,(H,29,35)/t21-,22-/m0/s1. The molecule has 2 amide bonds. The van der Waals surface area contributed by atoms with Gasteiger partial charge in [0.25, 0.3) is 0 Å². The fourth-order valence-corrected chi connectivity index (χ4v) is 5.21. The molecule has 0 unspecified atom stereocenters. The van der Waals surface area contributed by atoms with Crippen molar-refractivity contribution < 1.29 is 9.59 Å². The van der Waals surface area contributed by atoms with Gasteiger partial charge >= 0.3 is 0 Å². The lowest BCUT2D eigenvalue weighted by molar-refractivity contribution is -0.130. The quantitative estimate of drug-likeness (QED) is 0.565. The maximum atomic E-state index is 13.6. The highest BCUT2D eigenvalue weighted by atomic mass is 16.2. The molecule has 1 aromatic heterocycles. The summed E-state index contributed by atoms with van der Waals surface area (Å²) < 4.78 is 2.31. The number of rotatable bonds is 8. The summed E-state index contributed by atoms with van der Waals surface area (Å²) in [6.07, 6.45) is 5.78. The van der Waals surface area contributed by atoms with Crippen molar-refractivity contribution in [3.8, 4) is 0 Å². The Morgan fingerprint density at radius 3 is 2.49 bits per heavy atom. The van der Waals surface area contributed by atoms with E-state index in [0.717, 1.165) is 60.6 Å². The maximum absolute atomic E-state index is 13.6. The van der Waals surface area contributed by atoms with E-state index in [0.29, 0.717) is 25.6 Å². The fraction of sp³-hybridized carbons (Fsp3) is 0.643. The summed E-state index contributed by atoms with van der Waals surface area (Å²) in [5, 5.41) is 12.4. The summed E-state index contributed by atoms with van der Waals surface area (Å²) in [4.78, 5) is 28.0. The molecule has 1 saturated heterocycles. The predicted molar refractivity (Wildman–Crippen MR) is 138 cm³/mol. The molecule has 4 rings (SSSR count). The molecular formula is C28H41N5O2. The monoisotopic (exact) mass is 479 g/mol. The van der Waals surface area contributed by atoms with Crippen LogP contribution in [0, 0.1) is 25.2 Å². The predicted octanol–water partition coefficient (Wildman–Crippen LogP) is 5.19. The first-order chi connectivity index (χ1) is 16.6. The second-order valence-corrected chi connectivity index (χ2v) is 11.7. The van der Waals surface area contributed by atoms with Crippen LogP contribution >= 0.6 is 0 Å². The third-order valence-corrected chi connectivity index (χ3v) is 7.32. The average Bonchev–Trinajstić information content (AvgIpc) is 3.38. The number of aromatic nitrogens is 3. The van der Waals surface area contributed by atoms with Crippen molar-refractivity contribution in [2.45, 2.75) is 92.0 Å². The summed E-state index contributed by atoms with van der Waals surface area (Å²) in [7, 11) is 0. The van der Waals surface area contributed by atoms with E-state index in [1.165, 1.54) is 0 Å². The van der Waals surface area contributed by atoms with Gasteiger partial charge in [0.05, 0.1) is 11.8 Å². The van der Waals surface area contributed by atoms with E-state index < -0.39 is 0 Å². The van der Waals surface area contributed by atoms with Gasteiger partial charge in [0.1, 0.15) is 11.6 Å². The molecule has 1 aromatic carbocycles. The molecule has 0 radical (unpaired) electrons. The lowest BCUT2D eigenvalue weighted by atomic mass is 9.90. The highest BCUT2D eigenvalue weighted by Gasteiger charge is 2.44. The minimum absolute atomic E-state index is 0.0482. The van der Waals surface area contributed by atoms with Gasteiger partial charge in [-0.05, 0) is 56.6 Å². The zero-order chi connectivity index (χ0) is 25.3. The summed E-state index contributed by atoms with van der Waals surface area (Å²) in [6, 6.07) is 6.46. The first-order valence-electron chi connectivity index (χ1n) is 13.2. The van der Waals surface area contributed by atoms with E-state index in [4.69, 9.17) is 0 Å². The molecule has 0 bridgehead atoms. The van der Waals surface area contributed by atoms with Gasteiger partial charge in [-0.2, -0.15) is 0 Å². The van der Waals surface area contributed by atoms with Gasteiger partial charge in [-0.15, -0.1) is 10.2 Å². The van der Waals surface area contributed by atoms with E-state index in [1.54, 1.807) is 0 Å². The highest BCUT2D eigenvalue weighted by molar-refractivity contribution is 5.95. The molecular weight excluding hydrogens is 438 g/mol. The Hall–Kier alpha value is -2.70. The molecule has 1 N–H and O–H groups in total. The number of carbonyl (C=O) groups excluding carboxylic acids is 2. The van der Waals surface area contributed by atoms with Gasteiger partial charge < -0.3 is 14.8 Å². The van der Waals surface area contributed by atoms with Gasteiger partial charge in [-0.25, -0.2) is 0 Å². The minimum atomic E-state index is -0.352. The van der Waals surface area contributed by atoms with Crippen LogP contribution in [-0.4, -0.2) is 44.6 Å². The van der Waals surface area contributed by atoms with Crippen LogP contribution < -0.4 is 5.32 Å². The van der Waals surface area contributed by atoms with Crippen LogP contribution in [0.25, 0.3) is 0 Å². The Morgan fingerprint density at radius 2 is 1.86 bits per heavy atom. The Morgan fingerprint density at radius 1 is 1.11 bits per heavy atom. The van der Waals surface area contributed by atoms with E-state index in [9.17, 15) is 9.59 Å². The third kappa shape index (κ3) is 5.93. The van der Waals surface area contributed by atoms with Crippen LogP contribution in [0.2, 0.25) is 0 Å². The molecule has 1 aliphatic carbocycles. The van der Waals surface area contributed by atoms with E-state index >= 15 is 0 Å². The van der Waals surface area contributed by atoms with Gasteiger partial charge in [0.2, 0.25) is 11.8 Å². The number of benzene rings is 1. The molecule has 190 valence electrons. The van der Waals surface area contributed by atoms with Crippen molar-refractivity contribution in [3.05, 3.63) is 41.0 Å². The van der Waals surface area contributed by atoms with Crippen molar-refractivity contribution in [2.75, 3.05) is 18.4 Å². The Labute approximate surface area is 209 Å². The number of anilines is 1. The Balaban J connectivity index is 1.60. The number of aryl methyl sites for hydroxylation is 3. The Kier molecular flexibility index (Phi) is 7.34. The SMILES string of the molecule is CCC(=O)N1C[C@H](C(=O)Nc2ccc(C)cc2C)[C@@H](c2nnc(CCCC(C)(C)C)n2C2CC2)C1. The topological polar surface area (TPSA) is 80.1 Å². The second-order valence-electron chi connectivity index (χ2n) is 11.7. The van der Waals surface area contributed by atoms with Crippen molar-refractivity contribution in [1.29, 1.82) is 0 Å². The number of likely N-dealkylation sites (tertiary alicyclic amines) is 1. The average molecular weight is 480 g/mol. The smallest absolute Gasteiger partial charge is 0.230 e. The van der Waals surface area contributed by atoms with Crippen molar-refractivity contribution >= 4 is 17.5 Å². The molecule has 35 heavy (non-hydrogen) atoms. The molecule has 2 heterocycles. The van der Waals surface area contributed by atoms with Crippen LogP contribution in [0.1, 0.15) is 94.5 Å². The van der Waals surface area contributed by atoms with E-state index in [-0.39, 0.29) is 29.1 Å². The second kappa shape index (κ2) is 10.1. The highest BCUT2D eigenvalue weighted by Crippen LogP contribution is 2.42. The van der Waals surface area contributed by atoms with Crippen LogP contribution in [0.3, 0.4) is 0 Å². The van der Waals surface area contributed by atoms with Crippen molar-refractivity contribution in [2.24, 2.45) is 11.3 Å². The van der Waals surface area contributed by atoms with Crippen LogP contribution in [0.4, 0.5) is 5.69 Å². The van der Waals surface area contributed by atoms with Gasteiger partial charge in [0, 0.05) is 37.7 Å². The number of hydrogen-bond donors (Lipinski definition) is 1. The summed E-state index contributed by atoms with van der Waals surface area (Å²) in [6.45, 7) is 13.7. The summed E-state index contributed by atoms with van der Waals surface area (Å²) in [5.74, 6) is 1.44. The van der Waals surface area contributed by atoms with Crippen LogP contribution in [-0.2, 0) is 16.0 Å². The first kappa shape index (κ1) is 25.4. The summed E-state index contributed by atoms with van der Waals surface area (Å²) in [5.41, 5.74) is 3.31. The van der Waals surface area contributed by atoms with Crippen molar-refractivity contribution in [1.82, 2.24) is 19.7 Å². The van der Waals surface area contributed by atoms with Crippen molar-refractivity contribution in [3.63, 3.8) is 0 Å². The Bertz CT molecular complexity index is 1080. The fourth-order valence-electron chi connectivity index (χ4n) is 5.21. The van der Waals surface area contributed by atoms with Gasteiger partial charge in [0.15, 0.2) is 0 Å². The molecule has 7 heteroatoms. The van der Waals surface area contributed by atoms with E-state index in [1.807, 2.05) is 37.8 Å². The lowest BCUT2D eigenvalue weighted by Crippen LogP contribution is -2.31. The molecule has 2 aliphatic rings. The van der Waals surface area contributed by atoms with Crippen LogP contribution in [0.15, 0.2) is 18.2 Å². The molecule has 2 aromatic rings. The zero-order valence-electron chi connectivity index (χ0n) is 22.2. The molecule has 7 nitrogen and oxygen atoms in total. The minimum Gasteiger partial charge on any atom is -0.341 e. The molecule has 2 fully saturated rings. The number of hydrogen-bond acceptors (Lipinski definition) is 4. The molecule has 1 saturated carbocycles. The first-order valence-corrected chi connectivity index (χ1v) is 13.2. The number of nitrogens with one attached hydrogen (secondary N) is 1. The number of amides is 2. The summed E-state index contributed by atoms with van der Waals surface area (Å²) >= 11 is 0. The zero-order valence-corrected chi connectivity index (χ0v) is 22.2. The van der Waals surface area contributed by atoms with Gasteiger partial charge in [-0.3, -0.25) is 9.59 Å².